The molecule has 3 heterocycles. The smallest absolute Gasteiger partial charge is 0.242 e. The third-order valence-corrected chi connectivity index (χ3v) is 3.00. The van der Waals surface area contributed by atoms with Gasteiger partial charge < -0.3 is 25.2 Å². The van der Waals surface area contributed by atoms with E-state index in [1.165, 1.54) is 0 Å². The highest BCUT2D eigenvalue weighted by atomic mass is 16.6. The molecule has 2 aromatic heterocycles. The SMILES string of the molecule is [2H]c1nc(O)c2nc([2H])n([C@@H]3O[C@H](CO)[C@H](O)C3O)c2n1. The minimum Gasteiger partial charge on any atom is -0.492 e. The van der Waals surface area contributed by atoms with Crippen LogP contribution in [0.15, 0.2) is 12.6 Å². The maximum atomic E-state index is 9.98. The van der Waals surface area contributed by atoms with Gasteiger partial charge in [0.2, 0.25) is 5.88 Å². The van der Waals surface area contributed by atoms with Crippen molar-refractivity contribution < 1.29 is 27.9 Å². The molecule has 0 aliphatic carbocycles. The number of ether oxygens (including phenoxy) is 1. The predicted octanol–water partition coefficient (Wildman–Crippen LogP) is -1.86. The summed E-state index contributed by atoms with van der Waals surface area (Å²) in [6.45, 7) is -0.515. The molecule has 1 saturated heterocycles. The summed E-state index contributed by atoms with van der Waals surface area (Å²) in [5.41, 5.74) is -0.193. The van der Waals surface area contributed by atoms with E-state index < -0.39 is 49.6 Å². The van der Waals surface area contributed by atoms with Crippen molar-refractivity contribution in [2.24, 2.45) is 0 Å². The fourth-order valence-electron chi connectivity index (χ4n) is 2.02. The Bertz CT molecular complexity index is 696. The van der Waals surface area contributed by atoms with Gasteiger partial charge in [0.05, 0.1) is 12.9 Å². The number of aliphatic hydroxyl groups is 3. The average Bonchev–Trinajstić information content (AvgIpc) is 2.89. The van der Waals surface area contributed by atoms with Crippen molar-refractivity contribution >= 4 is 11.2 Å². The number of imidazole rings is 1. The third kappa shape index (κ3) is 1.75. The van der Waals surface area contributed by atoms with E-state index in [0.717, 1.165) is 4.57 Å². The standard InChI is InChI=1S/C10H12N4O5/c15-1-4-6(16)7(17)10(19-4)14-3-13-5-8(14)11-2-12-9(5)18/h2-4,6-7,10,15-17H,1H2,(H,11,12,18)/t4-,6+,7?,10-/m1/s1/i2D,3D. The molecule has 3 rings (SSSR count). The molecule has 9 nitrogen and oxygen atoms in total. The molecule has 0 spiro atoms. The number of hydrogen-bond donors (Lipinski definition) is 4. The molecular weight excluding hydrogens is 256 g/mol. The first-order valence-electron chi connectivity index (χ1n) is 6.48. The molecule has 0 amide bonds. The fraction of sp³-hybridized carbons (Fsp3) is 0.500. The Morgan fingerprint density at radius 3 is 2.79 bits per heavy atom. The Balaban J connectivity index is 2.15. The third-order valence-electron chi connectivity index (χ3n) is 3.00. The zero-order chi connectivity index (χ0) is 15.3. The van der Waals surface area contributed by atoms with Crippen molar-refractivity contribution in [2.75, 3.05) is 6.61 Å². The predicted molar refractivity (Wildman–Crippen MR) is 60.0 cm³/mol. The van der Waals surface area contributed by atoms with E-state index in [1.807, 2.05) is 0 Å². The van der Waals surface area contributed by atoms with Crippen LogP contribution in [-0.4, -0.2) is 64.9 Å². The van der Waals surface area contributed by atoms with E-state index in [-0.39, 0.29) is 11.2 Å². The van der Waals surface area contributed by atoms with E-state index in [1.54, 1.807) is 0 Å². The number of aliphatic hydroxyl groups excluding tert-OH is 3. The number of rotatable bonds is 2. The monoisotopic (exact) mass is 270 g/mol. The molecule has 1 fully saturated rings. The van der Waals surface area contributed by atoms with Crippen molar-refractivity contribution in [1.82, 2.24) is 19.5 Å². The molecule has 19 heavy (non-hydrogen) atoms. The first-order chi connectivity index (χ1) is 9.93. The molecule has 4 atom stereocenters. The van der Waals surface area contributed by atoms with Crippen LogP contribution in [0.5, 0.6) is 5.88 Å². The Kier molecular flexibility index (Phi) is 2.32. The quantitative estimate of drug-likeness (QED) is 0.499. The number of nitrogens with zero attached hydrogens (tertiary/aromatic N) is 4. The first kappa shape index (κ1) is 10.0. The molecule has 0 bridgehead atoms. The molecule has 9 heteroatoms. The Morgan fingerprint density at radius 1 is 1.32 bits per heavy atom. The summed E-state index contributed by atoms with van der Waals surface area (Å²) in [5.74, 6) is -0.566. The topological polar surface area (TPSA) is 134 Å². The normalized spacial score (nSPS) is 32.6. The lowest BCUT2D eigenvalue weighted by atomic mass is 10.1. The minimum absolute atomic E-state index is 0.0765. The van der Waals surface area contributed by atoms with Crippen LogP contribution in [0, 0.1) is 0 Å². The maximum Gasteiger partial charge on any atom is 0.242 e. The van der Waals surface area contributed by atoms with Crippen LogP contribution in [0.25, 0.3) is 11.2 Å². The molecule has 102 valence electrons. The van der Waals surface area contributed by atoms with Gasteiger partial charge >= 0.3 is 0 Å². The zero-order valence-electron chi connectivity index (χ0n) is 11.5. The van der Waals surface area contributed by atoms with Gasteiger partial charge in [-0.05, 0) is 0 Å². The van der Waals surface area contributed by atoms with Crippen molar-refractivity contribution in [1.29, 1.82) is 0 Å². The highest BCUT2D eigenvalue weighted by Gasteiger charge is 2.43. The van der Waals surface area contributed by atoms with E-state index in [2.05, 4.69) is 15.0 Å². The van der Waals surface area contributed by atoms with Gasteiger partial charge in [-0.15, -0.1) is 0 Å². The van der Waals surface area contributed by atoms with Gasteiger partial charge in [0.25, 0.3) is 0 Å². The molecule has 0 saturated carbocycles. The lowest BCUT2D eigenvalue weighted by molar-refractivity contribution is -0.0511. The Morgan fingerprint density at radius 2 is 2.11 bits per heavy atom. The lowest BCUT2D eigenvalue weighted by Gasteiger charge is -2.16. The number of fused-ring (bicyclic) bond motifs is 1. The summed E-state index contributed by atoms with van der Waals surface area (Å²) < 4.78 is 21.5. The largest absolute Gasteiger partial charge is 0.492 e. The van der Waals surface area contributed by atoms with Crippen molar-refractivity contribution in [3.63, 3.8) is 0 Å². The van der Waals surface area contributed by atoms with Gasteiger partial charge in [-0.25, -0.2) is 9.97 Å². The summed E-state index contributed by atoms with van der Waals surface area (Å²) >= 11 is 0. The molecule has 0 radical (unpaired) electrons. The molecule has 2 aromatic rings. The number of aromatic nitrogens is 4. The van der Waals surface area contributed by atoms with Crippen molar-refractivity contribution in [3.05, 3.63) is 12.6 Å². The van der Waals surface area contributed by atoms with Crippen molar-refractivity contribution in [2.45, 2.75) is 24.5 Å². The second-order valence-electron chi connectivity index (χ2n) is 4.13. The molecule has 1 aliphatic heterocycles. The van der Waals surface area contributed by atoms with Crippen LogP contribution < -0.4 is 0 Å². The van der Waals surface area contributed by atoms with Gasteiger partial charge in [-0.3, -0.25) is 4.57 Å². The summed E-state index contributed by atoms with van der Waals surface area (Å²) in [7, 11) is 0. The van der Waals surface area contributed by atoms with Gasteiger partial charge in [-0.2, -0.15) is 4.98 Å². The molecule has 1 unspecified atom stereocenters. The second kappa shape index (κ2) is 4.38. The summed E-state index contributed by atoms with van der Waals surface area (Å²) in [4.78, 5) is 10.9. The minimum atomic E-state index is -1.42. The average molecular weight is 270 g/mol. The highest BCUT2D eigenvalue weighted by Crippen LogP contribution is 2.32. The van der Waals surface area contributed by atoms with Crippen LogP contribution in [0.4, 0.5) is 0 Å². The molecular formula is C10H12N4O5. The van der Waals surface area contributed by atoms with Gasteiger partial charge in [0.1, 0.15) is 27.4 Å². The summed E-state index contributed by atoms with van der Waals surface area (Å²) in [6, 6.07) is 0. The molecule has 0 aromatic carbocycles. The highest BCUT2D eigenvalue weighted by molar-refractivity contribution is 5.75. The first-order valence-corrected chi connectivity index (χ1v) is 5.48. The van der Waals surface area contributed by atoms with Crippen LogP contribution in [0.3, 0.4) is 0 Å². The lowest BCUT2D eigenvalue weighted by Crippen LogP contribution is -2.33. The van der Waals surface area contributed by atoms with Crippen LogP contribution in [0.2, 0.25) is 0 Å². The van der Waals surface area contributed by atoms with E-state index >= 15 is 0 Å². The maximum absolute atomic E-state index is 9.98. The summed E-state index contributed by atoms with van der Waals surface area (Å²) in [6.07, 6.45) is -5.89. The molecule has 1 aliphatic rings. The van der Waals surface area contributed by atoms with E-state index in [4.69, 9.17) is 12.6 Å². The molecule has 4 N–H and O–H groups in total. The fourth-order valence-corrected chi connectivity index (χ4v) is 2.02. The van der Waals surface area contributed by atoms with Crippen LogP contribution >= 0.6 is 0 Å². The number of hydrogen-bond acceptors (Lipinski definition) is 8. The van der Waals surface area contributed by atoms with Crippen molar-refractivity contribution in [3.8, 4) is 5.88 Å². The van der Waals surface area contributed by atoms with Crippen LogP contribution in [0.1, 0.15) is 8.97 Å². The number of aromatic hydroxyl groups is 1. The van der Waals surface area contributed by atoms with Gasteiger partial charge in [0.15, 0.2) is 17.4 Å². The van der Waals surface area contributed by atoms with E-state index in [9.17, 15) is 15.3 Å². The Labute approximate surface area is 109 Å². The van der Waals surface area contributed by atoms with Gasteiger partial charge in [0, 0.05) is 0 Å². The zero-order valence-corrected chi connectivity index (χ0v) is 9.50. The summed E-state index contributed by atoms with van der Waals surface area (Å²) in [5, 5.41) is 38.4. The second-order valence-corrected chi connectivity index (χ2v) is 4.13. The van der Waals surface area contributed by atoms with E-state index in [0.29, 0.717) is 0 Å². The van der Waals surface area contributed by atoms with Gasteiger partial charge in [-0.1, -0.05) is 0 Å². The van der Waals surface area contributed by atoms with Crippen LogP contribution in [-0.2, 0) is 4.74 Å². The Hall–Kier alpha value is -1.81.